The Balaban J connectivity index is 0.000000845. The van der Waals surface area contributed by atoms with E-state index in [0.717, 1.165) is 52.6 Å². The monoisotopic (exact) mass is 208 g/mol. The number of morpholine rings is 2. The molecule has 5 heteroatoms. The maximum Gasteiger partial charge on any atom is 0.0608 e. The van der Waals surface area contributed by atoms with Crippen molar-refractivity contribution >= 4 is 12.4 Å². The molecule has 13 heavy (non-hydrogen) atoms. The first-order valence-corrected chi connectivity index (χ1v) is 4.62. The molecule has 0 spiro atoms. The lowest BCUT2D eigenvalue weighted by Gasteiger charge is -2.39. The molecule has 0 atom stereocenters. The van der Waals surface area contributed by atoms with E-state index >= 15 is 0 Å². The fraction of sp³-hybridized carbons (Fsp3) is 1.00. The standard InChI is InChI=1S/C8H16N2O2.ClH/c1-5-11-6-2-9(1)10-3-7-12-8-4-10;/h1-8H2;1H. The molecule has 2 heterocycles. The van der Waals surface area contributed by atoms with E-state index in [1.165, 1.54) is 0 Å². The fourth-order valence-electron chi connectivity index (χ4n) is 1.67. The molecule has 0 aliphatic carbocycles. The van der Waals surface area contributed by atoms with Gasteiger partial charge in [0.15, 0.2) is 0 Å². The van der Waals surface area contributed by atoms with Gasteiger partial charge in [-0.2, -0.15) is 0 Å². The van der Waals surface area contributed by atoms with Gasteiger partial charge >= 0.3 is 0 Å². The average molecular weight is 209 g/mol. The number of nitrogens with zero attached hydrogens (tertiary/aromatic N) is 2. The summed E-state index contributed by atoms with van der Waals surface area (Å²) in [5.74, 6) is 0. The topological polar surface area (TPSA) is 24.9 Å². The van der Waals surface area contributed by atoms with Crippen LogP contribution in [0.15, 0.2) is 0 Å². The highest BCUT2D eigenvalue weighted by Crippen LogP contribution is 2.05. The maximum atomic E-state index is 5.29. The number of halogens is 1. The molecule has 2 aliphatic heterocycles. The van der Waals surface area contributed by atoms with Crippen LogP contribution in [0, 0.1) is 0 Å². The second-order valence-corrected chi connectivity index (χ2v) is 3.13. The summed E-state index contributed by atoms with van der Waals surface area (Å²) in [6.07, 6.45) is 0. The molecule has 2 fully saturated rings. The van der Waals surface area contributed by atoms with Gasteiger partial charge in [-0.1, -0.05) is 0 Å². The Labute approximate surface area is 85.2 Å². The van der Waals surface area contributed by atoms with Crippen LogP contribution in [0.5, 0.6) is 0 Å². The van der Waals surface area contributed by atoms with Crippen molar-refractivity contribution in [2.45, 2.75) is 0 Å². The predicted octanol–water partition coefficient (Wildman–Crippen LogP) is -0.0124. The van der Waals surface area contributed by atoms with Crippen LogP contribution in [0.2, 0.25) is 0 Å². The zero-order valence-corrected chi connectivity index (χ0v) is 8.59. The highest BCUT2D eigenvalue weighted by molar-refractivity contribution is 5.85. The first kappa shape index (κ1) is 11.2. The lowest BCUT2D eigenvalue weighted by molar-refractivity contribution is -0.127. The molecule has 0 radical (unpaired) electrons. The van der Waals surface area contributed by atoms with Gasteiger partial charge in [0.05, 0.1) is 26.4 Å². The van der Waals surface area contributed by atoms with Gasteiger partial charge in [-0.05, 0) is 0 Å². The van der Waals surface area contributed by atoms with E-state index < -0.39 is 0 Å². The Bertz CT molecular complexity index is 120. The zero-order chi connectivity index (χ0) is 8.23. The largest absolute Gasteiger partial charge is 0.379 e. The normalized spacial score (nSPS) is 26.8. The highest BCUT2D eigenvalue weighted by Gasteiger charge is 2.19. The van der Waals surface area contributed by atoms with E-state index in [4.69, 9.17) is 9.47 Å². The number of hydrazine groups is 1. The third-order valence-electron chi connectivity index (χ3n) is 2.37. The molecule has 2 saturated heterocycles. The van der Waals surface area contributed by atoms with Crippen LogP contribution in [0.25, 0.3) is 0 Å². The van der Waals surface area contributed by atoms with Crippen molar-refractivity contribution in [3.63, 3.8) is 0 Å². The summed E-state index contributed by atoms with van der Waals surface area (Å²) < 4.78 is 10.6. The predicted molar refractivity (Wildman–Crippen MR) is 52.0 cm³/mol. The Kier molecular flexibility index (Phi) is 4.98. The van der Waals surface area contributed by atoms with E-state index in [2.05, 4.69) is 10.0 Å². The summed E-state index contributed by atoms with van der Waals surface area (Å²) in [6.45, 7) is 7.66. The highest BCUT2D eigenvalue weighted by atomic mass is 35.5. The molecule has 4 nitrogen and oxygen atoms in total. The second-order valence-electron chi connectivity index (χ2n) is 3.13. The molecule has 2 rings (SSSR count). The third-order valence-corrected chi connectivity index (χ3v) is 2.37. The Morgan fingerprint density at radius 2 is 0.923 bits per heavy atom. The summed E-state index contributed by atoms with van der Waals surface area (Å²) in [7, 11) is 0. The van der Waals surface area contributed by atoms with Crippen LogP contribution in [-0.4, -0.2) is 62.6 Å². The fourth-order valence-corrected chi connectivity index (χ4v) is 1.67. The molecule has 78 valence electrons. The van der Waals surface area contributed by atoms with E-state index in [0.29, 0.717) is 0 Å². The molecule has 0 N–H and O–H groups in total. The number of ether oxygens (including phenoxy) is 2. The summed E-state index contributed by atoms with van der Waals surface area (Å²) in [5.41, 5.74) is 0. The molecule has 0 aromatic carbocycles. The van der Waals surface area contributed by atoms with E-state index in [9.17, 15) is 0 Å². The van der Waals surface area contributed by atoms with Crippen LogP contribution >= 0.6 is 12.4 Å². The number of rotatable bonds is 1. The lowest BCUT2D eigenvalue weighted by Crippen LogP contribution is -2.52. The van der Waals surface area contributed by atoms with E-state index in [1.54, 1.807) is 0 Å². The van der Waals surface area contributed by atoms with Crippen LogP contribution in [0.1, 0.15) is 0 Å². The van der Waals surface area contributed by atoms with Gasteiger partial charge in [0, 0.05) is 26.2 Å². The minimum atomic E-state index is 0. The average Bonchev–Trinajstić information content (AvgIpc) is 2.21. The van der Waals surface area contributed by atoms with Crippen molar-refractivity contribution in [3.05, 3.63) is 0 Å². The van der Waals surface area contributed by atoms with Crippen LogP contribution in [0.4, 0.5) is 0 Å². The molecule has 0 aromatic rings. The van der Waals surface area contributed by atoms with Gasteiger partial charge in [0.1, 0.15) is 0 Å². The zero-order valence-electron chi connectivity index (χ0n) is 7.78. The van der Waals surface area contributed by atoms with E-state index in [1.807, 2.05) is 0 Å². The number of hydrogen-bond donors (Lipinski definition) is 0. The number of hydrogen-bond acceptors (Lipinski definition) is 4. The van der Waals surface area contributed by atoms with Gasteiger partial charge in [0.2, 0.25) is 0 Å². The first-order valence-electron chi connectivity index (χ1n) is 4.62. The van der Waals surface area contributed by atoms with Crippen molar-refractivity contribution in [1.29, 1.82) is 0 Å². The van der Waals surface area contributed by atoms with Crippen molar-refractivity contribution in [1.82, 2.24) is 10.0 Å². The molecule has 0 bridgehead atoms. The van der Waals surface area contributed by atoms with Crippen molar-refractivity contribution in [2.24, 2.45) is 0 Å². The van der Waals surface area contributed by atoms with Crippen molar-refractivity contribution in [2.75, 3.05) is 52.6 Å². The molecular weight excluding hydrogens is 192 g/mol. The minimum Gasteiger partial charge on any atom is -0.379 e. The molecule has 0 unspecified atom stereocenters. The second kappa shape index (κ2) is 5.78. The van der Waals surface area contributed by atoms with Gasteiger partial charge in [0.25, 0.3) is 0 Å². The van der Waals surface area contributed by atoms with Gasteiger partial charge in [-0.3, -0.25) is 0 Å². The molecule has 0 saturated carbocycles. The summed E-state index contributed by atoms with van der Waals surface area (Å²) >= 11 is 0. The van der Waals surface area contributed by atoms with Crippen molar-refractivity contribution in [3.8, 4) is 0 Å². The Morgan fingerprint density at radius 1 is 0.615 bits per heavy atom. The molecule has 0 amide bonds. The van der Waals surface area contributed by atoms with Gasteiger partial charge in [-0.25, -0.2) is 10.0 Å². The quantitative estimate of drug-likeness (QED) is 0.605. The molecule has 0 aromatic heterocycles. The summed E-state index contributed by atoms with van der Waals surface area (Å²) in [5, 5.41) is 4.76. The van der Waals surface area contributed by atoms with Crippen LogP contribution in [-0.2, 0) is 9.47 Å². The first-order chi connectivity index (χ1) is 5.97. The van der Waals surface area contributed by atoms with Gasteiger partial charge in [-0.15, -0.1) is 12.4 Å². The molecular formula is C8H17ClN2O2. The van der Waals surface area contributed by atoms with Crippen LogP contribution < -0.4 is 0 Å². The minimum absolute atomic E-state index is 0. The smallest absolute Gasteiger partial charge is 0.0608 e. The lowest BCUT2D eigenvalue weighted by atomic mass is 10.4. The van der Waals surface area contributed by atoms with Crippen molar-refractivity contribution < 1.29 is 9.47 Å². The summed E-state index contributed by atoms with van der Waals surface area (Å²) in [6, 6.07) is 0. The maximum absolute atomic E-state index is 5.29. The Hall–Kier alpha value is 0.130. The van der Waals surface area contributed by atoms with Crippen LogP contribution in [0.3, 0.4) is 0 Å². The third kappa shape index (κ3) is 3.07. The van der Waals surface area contributed by atoms with E-state index in [-0.39, 0.29) is 12.4 Å². The summed E-state index contributed by atoms with van der Waals surface area (Å²) in [4.78, 5) is 0. The SMILES string of the molecule is C1CN(N2CCOCC2)CCO1.Cl. The Morgan fingerprint density at radius 3 is 1.23 bits per heavy atom. The molecule has 2 aliphatic rings. The van der Waals surface area contributed by atoms with Gasteiger partial charge < -0.3 is 9.47 Å².